The molecule has 0 radical (unpaired) electrons. The Balaban J connectivity index is 1.43. The van der Waals surface area contributed by atoms with E-state index in [0.717, 1.165) is 17.7 Å². The van der Waals surface area contributed by atoms with E-state index in [1.165, 1.54) is 6.92 Å². The lowest BCUT2D eigenvalue weighted by atomic mass is 10.1. The summed E-state index contributed by atoms with van der Waals surface area (Å²) >= 11 is 0. The largest absolute Gasteiger partial charge is 0.497 e. The van der Waals surface area contributed by atoms with Crippen LogP contribution >= 0.6 is 0 Å². The Morgan fingerprint density at radius 2 is 1.62 bits per heavy atom. The summed E-state index contributed by atoms with van der Waals surface area (Å²) in [5.74, 6) is -0.259. The average molecular weight is 395 g/mol. The SMILES string of the molecule is COc1ccc(CCNC(=O)C2CC2C(=O)Nc2cccc(NC(C)=O)c2)cc1. The van der Waals surface area contributed by atoms with Crippen molar-refractivity contribution in [1.82, 2.24) is 5.32 Å². The van der Waals surface area contributed by atoms with E-state index in [1.54, 1.807) is 31.4 Å². The maximum atomic E-state index is 12.4. The number of nitrogens with one attached hydrogen (secondary N) is 3. The van der Waals surface area contributed by atoms with Gasteiger partial charge >= 0.3 is 0 Å². The molecule has 3 amide bonds. The van der Waals surface area contributed by atoms with Crippen molar-refractivity contribution in [2.75, 3.05) is 24.3 Å². The fourth-order valence-electron chi connectivity index (χ4n) is 3.14. The van der Waals surface area contributed by atoms with Crippen molar-refractivity contribution in [3.8, 4) is 5.75 Å². The van der Waals surface area contributed by atoms with E-state index in [9.17, 15) is 14.4 Å². The van der Waals surface area contributed by atoms with Gasteiger partial charge in [0.1, 0.15) is 5.75 Å². The third-order valence-corrected chi connectivity index (χ3v) is 4.79. The van der Waals surface area contributed by atoms with Crippen molar-refractivity contribution >= 4 is 29.1 Å². The summed E-state index contributed by atoms with van der Waals surface area (Å²) in [5.41, 5.74) is 2.31. The fraction of sp³-hybridized carbons (Fsp3) is 0.318. The normalized spacial score (nSPS) is 17.2. The van der Waals surface area contributed by atoms with E-state index in [1.807, 2.05) is 24.3 Å². The maximum Gasteiger partial charge on any atom is 0.228 e. The van der Waals surface area contributed by atoms with Crippen LogP contribution in [0.1, 0.15) is 18.9 Å². The molecule has 7 nitrogen and oxygen atoms in total. The fourth-order valence-corrected chi connectivity index (χ4v) is 3.14. The summed E-state index contributed by atoms with van der Waals surface area (Å²) in [6, 6.07) is 14.6. The van der Waals surface area contributed by atoms with Crippen molar-refractivity contribution < 1.29 is 19.1 Å². The zero-order valence-corrected chi connectivity index (χ0v) is 16.5. The molecule has 3 rings (SSSR count). The van der Waals surface area contributed by atoms with Crippen LogP contribution < -0.4 is 20.7 Å². The second-order valence-corrected chi connectivity index (χ2v) is 7.09. The Bertz CT molecular complexity index is 895. The number of rotatable bonds is 8. The zero-order valence-electron chi connectivity index (χ0n) is 16.5. The predicted molar refractivity (Wildman–Crippen MR) is 111 cm³/mol. The molecule has 29 heavy (non-hydrogen) atoms. The highest BCUT2D eigenvalue weighted by molar-refractivity contribution is 6.00. The highest BCUT2D eigenvalue weighted by atomic mass is 16.5. The molecule has 2 atom stereocenters. The van der Waals surface area contributed by atoms with Crippen molar-refractivity contribution in [3.05, 3.63) is 54.1 Å². The molecular formula is C22H25N3O4. The summed E-state index contributed by atoms with van der Waals surface area (Å²) in [6.45, 7) is 1.95. The maximum absolute atomic E-state index is 12.4. The molecule has 1 aliphatic carbocycles. The Kier molecular flexibility index (Phi) is 6.49. The van der Waals surface area contributed by atoms with Crippen molar-refractivity contribution in [2.45, 2.75) is 19.8 Å². The lowest BCUT2D eigenvalue weighted by Gasteiger charge is -2.08. The van der Waals surface area contributed by atoms with Gasteiger partial charge in [-0.05, 0) is 48.7 Å². The predicted octanol–water partition coefficient (Wildman–Crippen LogP) is 2.59. The molecule has 0 saturated heterocycles. The minimum atomic E-state index is -0.319. The summed E-state index contributed by atoms with van der Waals surface area (Å²) in [4.78, 5) is 35.8. The number of anilines is 2. The summed E-state index contributed by atoms with van der Waals surface area (Å²) in [7, 11) is 1.62. The Hall–Kier alpha value is -3.35. The van der Waals surface area contributed by atoms with Gasteiger partial charge in [0.15, 0.2) is 0 Å². The molecule has 0 spiro atoms. The third kappa shape index (κ3) is 5.81. The van der Waals surface area contributed by atoms with E-state index >= 15 is 0 Å². The molecule has 2 aromatic carbocycles. The van der Waals surface area contributed by atoms with Gasteiger partial charge in [0, 0.05) is 24.8 Å². The molecule has 0 bridgehead atoms. The van der Waals surface area contributed by atoms with Gasteiger partial charge in [-0.25, -0.2) is 0 Å². The second kappa shape index (κ2) is 9.23. The van der Waals surface area contributed by atoms with E-state index in [0.29, 0.717) is 24.3 Å². The molecule has 0 heterocycles. The lowest BCUT2D eigenvalue weighted by molar-refractivity contribution is -0.125. The van der Waals surface area contributed by atoms with Crippen LogP contribution in [-0.2, 0) is 20.8 Å². The minimum Gasteiger partial charge on any atom is -0.497 e. The van der Waals surface area contributed by atoms with Gasteiger partial charge in [-0.2, -0.15) is 0 Å². The van der Waals surface area contributed by atoms with Gasteiger partial charge in [0.2, 0.25) is 17.7 Å². The van der Waals surface area contributed by atoms with Gasteiger partial charge in [-0.15, -0.1) is 0 Å². The average Bonchev–Trinajstić information content (AvgIpc) is 3.49. The van der Waals surface area contributed by atoms with E-state index in [4.69, 9.17) is 4.74 Å². The summed E-state index contributed by atoms with van der Waals surface area (Å²) < 4.78 is 5.13. The van der Waals surface area contributed by atoms with Crippen LogP contribution in [0.5, 0.6) is 5.75 Å². The van der Waals surface area contributed by atoms with Gasteiger partial charge < -0.3 is 20.7 Å². The van der Waals surface area contributed by atoms with Crippen molar-refractivity contribution in [3.63, 3.8) is 0 Å². The second-order valence-electron chi connectivity index (χ2n) is 7.09. The molecule has 0 aromatic heterocycles. The van der Waals surface area contributed by atoms with Gasteiger partial charge in [0.25, 0.3) is 0 Å². The zero-order chi connectivity index (χ0) is 20.8. The van der Waals surface area contributed by atoms with Crippen LogP contribution in [0.2, 0.25) is 0 Å². The van der Waals surface area contributed by atoms with E-state index < -0.39 is 0 Å². The lowest BCUT2D eigenvalue weighted by Crippen LogP contribution is -2.29. The Morgan fingerprint density at radius 3 is 2.28 bits per heavy atom. The van der Waals surface area contributed by atoms with Gasteiger partial charge in [0.05, 0.1) is 18.9 Å². The van der Waals surface area contributed by atoms with E-state index in [-0.39, 0.29) is 29.6 Å². The first-order chi connectivity index (χ1) is 14.0. The van der Waals surface area contributed by atoms with Crippen LogP contribution in [0.4, 0.5) is 11.4 Å². The van der Waals surface area contributed by atoms with Crippen LogP contribution in [-0.4, -0.2) is 31.4 Å². The molecule has 0 aliphatic heterocycles. The topological polar surface area (TPSA) is 96.5 Å². The highest BCUT2D eigenvalue weighted by Crippen LogP contribution is 2.39. The van der Waals surface area contributed by atoms with Gasteiger partial charge in [-0.3, -0.25) is 14.4 Å². The molecule has 1 aliphatic rings. The van der Waals surface area contributed by atoms with E-state index in [2.05, 4.69) is 16.0 Å². The van der Waals surface area contributed by atoms with Crippen molar-refractivity contribution in [1.29, 1.82) is 0 Å². The molecule has 1 saturated carbocycles. The molecule has 2 aromatic rings. The minimum absolute atomic E-state index is 0.0920. The van der Waals surface area contributed by atoms with Gasteiger partial charge in [-0.1, -0.05) is 18.2 Å². The first-order valence-electron chi connectivity index (χ1n) is 9.55. The number of ether oxygens (including phenoxy) is 1. The molecule has 1 fully saturated rings. The molecule has 152 valence electrons. The first kappa shape index (κ1) is 20.4. The Labute approximate surface area is 169 Å². The number of hydrogen-bond donors (Lipinski definition) is 3. The first-order valence-corrected chi connectivity index (χ1v) is 9.55. The smallest absolute Gasteiger partial charge is 0.228 e. The standard InChI is InChI=1S/C22H25N3O4/c1-14(26)24-16-4-3-5-17(12-16)25-22(28)20-13-19(20)21(27)23-11-10-15-6-8-18(29-2)9-7-15/h3-9,12,19-20H,10-11,13H2,1-2H3,(H,23,27)(H,24,26)(H,25,28). The number of hydrogen-bond acceptors (Lipinski definition) is 4. The molecule has 3 N–H and O–H groups in total. The number of carbonyl (C=O) groups is 3. The van der Waals surface area contributed by atoms with Crippen LogP contribution in [0.3, 0.4) is 0 Å². The number of benzene rings is 2. The Morgan fingerprint density at radius 1 is 0.966 bits per heavy atom. The van der Waals surface area contributed by atoms with Crippen LogP contribution in [0.15, 0.2) is 48.5 Å². The monoisotopic (exact) mass is 395 g/mol. The molecule has 2 unspecified atom stereocenters. The number of carbonyl (C=O) groups excluding carboxylic acids is 3. The molecule has 7 heteroatoms. The van der Waals surface area contributed by atoms with Crippen molar-refractivity contribution in [2.24, 2.45) is 11.8 Å². The number of methoxy groups -OCH3 is 1. The number of amides is 3. The highest BCUT2D eigenvalue weighted by Gasteiger charge is 2.47. The summed E-state index contributed by atoms with van der Waals surface area (Å²) in [5, 5.41) is 8.39. The van der Waals surface area contributed by atoms with Crippen LogP contribution in [0, 0.1) is 11.8 Å². The third-order valence-electron chi connectivity index (χ3n) is 4.79. The summed E-state index contributed by atoms with van der Waals surface area (Å²) in [6.07, 6.45) is 1.26. The molecular weight excluding hydrogens is 370 g/mol. The quantitative estimate of drug-likeness (QED) is 0.640. The van der Waals surface area contributed by atoms with Crippen LogP contribution in [0.25, 0.3) is 0 Å².